The van der Waals surface area contributed by atoms with Crippen LogP contribution in [-0.4, -0.2) is 97.7 Å². The molecule has 0 spiro atoms. The van der Waals surface area contributed by atoms with Crippen LogP contribution in [0.25, 0.3) is 0 Å². The van der Waals surface area contributed by atoms with Crippen LogP contribution in [0.2, 0.25) is 10.0 Å². The van der Waals surface area contributed by atoms with Crippen molar-refractivity contribution >= 4 is 143 Å². The van der Waals surface area contributed by atoms with Gasteiger partial charge in [0.25, 0.3) is 6.47 Å². The SMILES string of the molecule is O=C1CC(=O)NC(c2ccsc2)(c2ccc(N3CCOCC3)c(Br)n2)C1.O=C1CC(c2ccsc2)(c2ccc(N3CCOCC3)c(Br)n2)NC(=O)C1Sc1ccccc1Cl.O=CO[O-].Sc1ccccc1Cl.[H-].[K+].[K+]. The van der Waals surface area contributed by atoms with Crippen molar-refractivity contribution in [1.29, 1.82) is 0 Å². The Kier molecular flexibility index (Phi) is 26.7. The van der Waals surface area contributed by atoms with Gasteiger partial charge >= 0.3 is 103 Å². The summed E-state index contributed by atoms with van der Waals surface area (Å²) in [5.74, 6) is -0.838. The summed E-state index contributed by atoms with van der Waals surface area (Å²) in [6.45, 7) is 5.73. The standard InChI is InChI=1S/C24H21BrClN3O3S2.C18H18BrN3O3S.C6H5ClS.CH2O3.2K.H/c25-22-17(29-8-10-32-11-9-29)5-6-20(27-22)24(15-7-12-33-14-15)13-18(30)21(23(31)28-24)34-19-4-2-1-3-16(19)26;19-17-14(22-4-6-25-7-5-22)1-2-15(20-17)18(12-3-8-26-11-12)10-13(23)9-16(24)21-18;7-5-3-1-2-4-6(5)8;2-1-4-3;;;/h1-7,12,14,21H,8-11,13H2,(H,28,31);1-3,8,11H,4-7,9-10H2,(H,21,24);1-4,8H;1,3H;;;/q;;;;2*+1;-1/p-1. The zero-order valence-electron chi connectivity index (χ0n) is 41.0. The molecule has 2 aromatic carbocycles. The number of carbonyl (C=O) groups is 5. The summed E-state index contributed by atoms with van der Waals surface area (Å²) in [6, 6.07) is 26.3. The number of anilines is 2. The van der Waals surface area contributed by atoms with Crippen LogP contribution in [0.15, 0.2) is 125 Å². The molecule has 6 aromatic rings. The molecule has 0 radical (unpaired) electrons. The van der Waals surface area contributed by atoms with Gasteiger partial charge in [-0.15, -0.1) is 24.4 Å². The molecule has 74 heavy (non-hydrogen) atoms. The number of thioether (sulfide) groups is 1. The summed E-state index contributed by atoms with van der Waals surface area (Å²) in [5, 5.41) is 22.8. The summed E-state index contributed by atoms with van der Waals surface area (Å²) < 4.78 is 12.2. The van der Waals surface area contributed by atoms with Gasteiger partial charge in [-0.3, -0.25) is 24.0 Å². The van der Waals surface area contributed by atoms with Gasteiger partial charge in [0.2, 0.25) is 11.8 Å². The normalized spacial score (nSPS) is 20.3. The predicted molar refractivity (Wildman–Crippen MR) is 288 cm³/mol. The Morgan fingerprint density at radius 1 is 0.743 bits per heavy atom. The number of morpholine rings is 2. The molecule has 4 fully saturated rings. The number of amides is 2. The summed E-state index contributed by atoms with van der Waals surface area (Å²) in [7, 11) is 0. The Bertz CT molecular complexity index is 2810. The third-order valence-corrected chi connectivity index (χ3v) is 16.9. The topological polar surface area (TPSA) is 192 Å². The molecule has 2 N–H and O–H groups in total. The minimum atomic E-state index is -1.03. The van der Waals surface area contributed by atoms with Crippen molar-refractivity contribution in [3.05, 3.63) is 148 Å². The van der Waals surface area contributed by atoms with Crippen LogP contribution in [-0.2, 0) is 49.4 Å². The number of hydrogen-bond acceptors (Lipinski definition) is 17. The van der Waals surface area contributed by atoms with E-state index in [2.05, 4.69) is 69.8 Å². The number of Topliss-reactive ketones (excluding diaryl/α,β-unsaturated/α-hetero) is 2. The molecule has 0 aliphatic carbocycles. The number of carbonyl (C=O) groups excluding carboxylic acids is 5. The van der Waals surface area contributed by atoms with Crippen LogP contribution in [0.1, 0.15) is 43.2 Å². The fraction of sp³-hybridized carbons (Fsp3) is 0.286. The first-order chi connectivity index (χ1) is 34.8. The number of benzene rings is 2. The van der Waals surface area contributed by atoms with Gasteiger partial charge in [0, 0.05) is 48.8 Å². The zero-order chi connectivity index (χ0) is 51.3. The van der Waals surface area contributed by atoms with E-state index in [1.165, 1.54) is 34.4 Å². The Morgan fingerprint density at radius 3 is 1.64 bits per heavy atom. The molecule has 380 valence electrons. The van der Waals surface area contributed by atoms with E-state index >= 15 is 0 Å². The van der Waals surface area contributed by atoms with E-state index in [0.717, 1.165) is 53.6 Å². The maximum absolute atomic E-state index is 13.4. The third kappa shape index (κ3) is 16.3. The first-order valence-electron chi connectivity index (χ1n) is 22.1. The molecular weight excluding hydrogens is 1250 g/mol. The van der Waals surface area contributed by atoms with Crippen LogP contribution >= 0.6 is 102 Å². The molecule has 0 saturated carbocycles. The minimum absolute atomic E-state index is 0. The number of pyridine rings is 2. The van der Waals surface area contributed by atoms with Crippen molar-refractivity contribution in [1.82, 2.24) is 20.6 Å². The van der Waals surface area contributed by atoms with E-state index in [1.54, 1.807) is 6.07 Å². The second-order valence-electron chi connectivity index (χ2n) is 16.2. The molecule has 4 saturated heterocycles. The molecule has 4 aromatic heterocycles. The summed E-state index contributed by atoms with van der Waals surface area (Å²) >= 11 is 27.4. The molecule has 8 heterocycles. The number of nitrogens with zero attached hydrogens (tertiary/aromatic N) is 4. The second kappa shape index (κ2) is 31.0. The smallest absolute Gasteiger partial charge is 1.00 e. The van der Waals surface area contributed by atoms with E-state index in [9.17, 15) is 19.2 Å². The van der Waals surface area contributed by atoms with Crippen molar-refractivity contribution in [2.24, 2.45) is 0 Å². The van der Waals surface area contributed by atoms with Crippen molar-refractivity contribution < 1.29 is 148 Å². The fourth-order valence-electron chi connectivity index (χ4n) is 8.30. The van der Waals surface area contributed by atoms with Gasteiger partial charge in [-0.05, 0) is 125 Å². The largest absolute Gasteiger partial charge is 1.00 e. The number of nitrogens with one attached hydrogen (secondary N) is 2. The zero-order valence-corrected chi connectivity index (χ0v) is 54.2. The fourth-order valence-corrected chi connectivity index (χ4v) is 12.4. The van der Waals surface area contributed by atoms with Crippen LogP contribution < -0.4 is 128 Å². The monoisotopic (exact) mass is 1300 g/mol. The number of thiol groups is 1. The van der Waals surface area contributed by atoms with E-state index < -0.39 is 16.3 Å². The van der Waals surface area contributed by atoms with E-state index in [1.807, 2.05) is 100 Å². The van der Waals surface area contributed by atoms with E-state index in [0.29, 0.717) is 62.0 Å². The number of thiophene rings is 2. The van der Waals surface area contributed by atoms with Crippen LogP contribution in [0, 0.1) is 0 Å². The van der Waals surface area contributed by atoms with E-state index in [-0.39, 0.29) is 153 Å². The van der Waals surface area contributed by atoms with Gasteiger partial charge in [0.15, 0.2) is 5.78 Å². The molecule has 3 atom stereocenters. The number of ketones is 2. The number of hydrogen-bond donors (Lipinski definition) is 3. The van der Waals surface area contributed by atoms with Gasteiger partial charge < -0.3 is 41.5 Å². The van der Waals surface area contributed by atoms with Crippen molar-refractivity contribution in [2.75, 3.05) is 62.4 Å². The van der Waals surface area contributed by atoms with E-state index in [4.69, 9.17) is 52.7 Å². The van der Waals surface area contributed by atoms with Crippen LogP contribution in [0.3, 0.4) is 0 Å². The first kappa shape index (κ1) is 63.7. The molecule has 4 aliphatic rings. The first-order valence-corrected chi connectivity index (χ1v) is 27.6. The molecule has 3 unspecified atom stereocenters. The quantitative estimate of drug-likeness (QED) is 0.0364. The summed E-state index contributed by atoms with van der Waals surface area (Å²) in [6.07, 6.45) is 0.249. The number of ether oxygens (including phenoxy) is 2. The van der Waals surface area contributed by atoms with Crippen molar-refractivity contribution in [3.63, 3.8) is 0 Å². The van der Waals surface area contributed by atoms with Crippen LogP contribution in [0.5, 0.6) is 0 Å². The molecule has 2 amide bonds. The van der Waals surface area contributed by atoms with Gasteiger partial charge in [0.1, 0.15) is 31.3 Å². The third-order valence-electron chi connectivity index (χ3n) is 11.7. The molecule has 25 heteroatoms. The maximum atomic E-state index is 13.4. The number of aromatic nitrogens is 2. The Hall–Kier alpha value is -1.12. The van der Waals surface area contributed by atoms with Gasteiger partial charge in [-0.1, -0.05) is 47.5 Å². The Labute approximate surface area is 559 Å². The number of rotatable bonds is 9. The van der Waals surface area contributed by atoms with Gasteiger partial charge in [-0.25, -0.2) is 9.97 Å². The van der Waals surface area contributed by atoms with Crippen molar-refractivity contribution in [2.45, 2.75) is 45.4 Å². The molecule has 15 nitrogen and oxygen atoms in total. The van der Waals surface area contributed by atoms with Gasteiger partial charge in [0.05, 0.1) is 65.7 Å². The maximum Gasteiger partial charge on any atom is 1.00 e. The van der Waals surface area contributed by atoms with Crippen LogP contribution in [0.4, 0.5) is 11.4 Å². The molecular formula is C49H46Br2Cl2K2N6O9S4. The second-order valence-corrected chi connectivity index (χ2v) is 21.7. The predicted octanol–water partition coefficient (Wildman–Crippen LogP) is 2.54. The molecule has 0 bridgehead atoms. The average molecular weight is 1300 g/mol. The minimum Gasteiger partial charge on any atom is -1.00 e. The number of halogens is 4. The summed E-state index contributed by atoms with van der Waals surface area (Å²) in [4.78, 5) is 78.0. The molecule has 10 rings (SSSR count). The average Bonchev–Trinajstić information content (AvgIpc) is 4.15. The number of piperidine rings is 2. The Morgan fingerprint density at radius 2 is 1.23 bits per heavy atom. The molecule has 4 aliphatic heterocycles. The Balaban J connectivity index is 0.000000262. The van der Waals surface area contributed by atoms with Gasteiger partial charge in [-0.2, -0.15) is 22.7 Å². The summed E-state index contributed by atoms with van der Waals surface area (Å²) in [5.41, 5.74) is 3.05. The van der Waals surface area contributed by atoms with Crippen molar-refractivity contribution in [3.8, 4) is 0 Å².